The van der Waals surface area contributed by atoms with Crippen LogP contribution in [0.5, 0.6) is 0 Å². The lowest BCUT2D eigenvalue weighted by molar-refractivity contribution is 0.266. The maximum atomic E-state index is 10.7. The summed E-state index contributed by atoms with van der Waals surface area (Å²) in [6.45, 7) is 0. The summed E-state index contributed by atoms with van der Waals surface area (Å²) in [5.74, 6) is 0. The van der Waals surface area contributed by atoms with Crippen molar-refractivity contribution in [2.75, 3.05) is 11.9 Å². The van der Waals surface area contributed by atoms with E-state index in [-0.39, 0.29) is 5.24 Å². The number of rotatable bonds is 1. The minimum Gasteiger partial charge on any atom is -0.305 e. The van der Waals surface area contributed by atoms with E-state index in [9.17, 15) is 4.79 Å². The third-order valence-electron chi connectivity index (χ3n) is 1.32. The van der Waals surface area contributed by atoms with Crippen molar-refractivity contribution in [1.82, 2.24) is 4.98 Å². The smallest absolute Gasteiger partial charge is 0.282 e. The summed E-state index contributed by atoms with van der Waals surface area (Å²) in [4.78, 5) is 16.0. The minimum absolute atomic E-state index is 0.294. The Balaban J connectivity index is 2.85. The standard InChI is InChI=1S/C7H8N2OS/c1-9(7(10)11)6-3-2-4-8-5-6/h2-5H,1H3,(H,10,11). The van der Waals surface area contributed by atoms with Gasteiger partial charge in [-0.15, -0.1) is 0 Å². The lowest BCUT2D eigenvalue weighted by atomic mass is 10.4. The van der Waals surface area contributed by atoms with Crippen LogP contribution >= 0.6 is 12.6 Å². The number of pyridine rings is 1. The first-order valence-electron chi connectivity index (χ1n) is 3.08. The van der Waals surface area contributed by atoms with Crippen molar-refractivity contribution >= 4 is 23.6 Å². The fraction of sp³-hybridized carbons (Fsp3) is 0.143. The van der Waals surface area contributed by atoms with Gasteiger partial charge in [0.15, 0.2) is 0 Å². The van der Waals surface area contributed by atoms with Crippen molar-refractivity contribution in [2.24, 2.45) is 0 Å². The Hall–Kier alpha value is -1.03. The summed E-state index contributed by atoms with van der Waals surface area (Å²) in [5, 5.41) is -0.294. The molecule has 4 heteroatoms. The molecule has 0 saturated carbocycles. The van der Waals surface area contributed by atoms with Gasteiger partial charge in [-0.05, 0) is 12.1 Å². The molecule has 3 nitrogen and oxygen atoms in total. The molecule has 1 aromatic heterocycles. The summed E-state index contributed by atoms with van der Waals surface area (Å²) < 4.78 is 0. The van der Waals surface area contributed by atoms with Gasteiger partial charge in [-0.1, -0.05) is 12.6 Å². The van der Waals surface area contributed by atoms with Gasteiger partial charge in [-0.3, -0.25) is 9.78 Å². The molecule has 0 saturated heterocycles. The predicted octanol–water partition coefficient (Wildman–Crippen LogP) is 1.57. The third kappa shape index (κ3) is 1.94. The van der Waals surface area contributed by atoms with E-state index in [1.165, 1.54) is 4.90 Å². The molecule has 0 fully saturated rings. The van der Waals surface area contributed by atoms with Crippen LogP contribution in [0.4, 0.5) is 10.5 Å². The summed E-state index contributed by atoms with van der Waals surface area (Å²) in [6, 6.07) is 3.56. The molecule has 1 amide bonds. The molecule has 0 aliphatic heterocycles. The molecule has 58 valence electrons. The molecule has 0 radical (unpaired) electrons. The largest absolute Gasteiger partial charge is 0.305 e. The molecule has 1 aromatic rings. The zero-order chi connectivity index (χ0) is 8.27. The fourth-order valence-corrected chi connectivity index (χ4v) is 0.778. The van der Waals surface area contributed by atoms with E-state index in [0.717, 1.165) is 5.69 Å². The fourth-order valence-electron chi connectivity index (χ4n) is 0.663. The zero-order valence-corrected chi connectivity index (χ0v) is 6.95. The number of hydrogen-bond donors (Lipinski definition) is 1. The van der Waals surface area contributed by atoms with Crippen LogP contribution in [0.3, 0.4) is 0 Å². The van der Waals surface area contributed by atoms with Crippen LogP contribution in [0, 0.1) is 0 Å². The van der Waals surface area contributed by atoms with Gasteiger partial charge in [0.1, 0.15) is 0 Å². The second-order valence-corrected chi connectivity index (χ2v) is 2.44. The monoisotopic (exact) mass is 168 g/mol. The van der Waals surface area contributed by atoms with Gasteiger partial charge in [-0.2, -0.15) is 0 Å². The molecule has 1 heterocycles. The molecule has 0 N–H and O–H groups in total. The highest BCUT2D eigenvalue weighted by Gasteiger charge is 2.03. The van der Waals surface area contributed by atoms with E-state index < -0.39 is 0 Å². The molecule has 11 heavy (non-hydrogen) atoms. The van der Waals surface area contributed by atoms with Gasteiger partial charge in [0.2, 0.25) is 0 Å². The van der Waals surface area contributed by atoms with Crippen LogP contribution < -0.4 is 4.90 Å². The van der Waals surface area contributed by atoms with Crippen LogP contribution in [-0.4, -0.2) is 17.3 Å². The maximum absolute atomic E-state index is 10.7. The van der Waals surface area contributed by atoms with Gasteiger partial charge >= 0.3 is 0 Å². The Morgan fingerprint density at radius 3 is 2.91 bits per heavy atom. The number of anilines is 1. The highest BCUT2D eigenvalue weighted by atomic mass is 32.1. The highest BCUT2D eigenvalue weighted by Crippen LogP contribution is 2.10. The Kier molecular flexibility index (Phi) is 2.48. The Labute approximate surface area is 70.5 Å². The summed E-state index contributed by atoms with van der Waals surface area (Å²) in [7, 11) is 1.65. The first-order chi connectivity index (χ1) is 5.22. The molecule has 0 atom stereocenters. The normalized spacial score (nSPS) is 9.27. The van der Waals surface area contributed by atoms with Crippen molar-refractivity contribution in [1.29, 1.82) is 0 Å². The van der Waals surface area contributed by atoms with Crippen LogP contribution in [-0.2, 0) is 0 Å². The molecule has 0 unspecified atom stereocenters. The Morgan fingerprint density at radius 2 is 2.45 bits per heavy atom. The minimum atomic E-state index is -0.294. The van der Waals surface area contributed by atoms with Gasteiger partial charge in [0, 0.05) is 13.2 Å². The van der Waals surface area contributed by atoms with Crippen LogP contribution in [0.25, 0.3) is 0 Å². The molecule has 0 aliphatic rings. The molecule has 0 aliphatic carbocycles. The van der Waals surface area contributed by atoms with Gasteiger partial charge in [-0.25, -0.2) is 0 Å². The van der Waals surface area contributed by atoms with E-state index in [2.05, 4.69) is 17.6 Å². The van der Waals surface area contributed by atoms with Crippen molar-refractivity contribution in [3.05, 3.63) is 24.5 Å². The summed E-state index contributed by atoms with van der Waals surface area (Å²) >= 11 is 3.66. The zero-order valence-electron chi connectivity index (χ0n) is 6.06. The van der Waals surface area contributed by atoms with E-state index >= 15 is 0 Å². The van der Waals surface area contributed by atoms with E-state index in [4.69, 9.17) is 0 Å². The molecule has 1 rings (SSSR count). The second kappa shape index (κ2) is 3.39. The van der Waals surface area contributed by atoms with Gasteiger partial charge < -0.3 is 4.90 Å². The van der Waals surface area contributed by atoms with Crippen molar-refractivity contribution < 1.29 is 4.79 Å². The number of amides is 1. The highest BCUT2D eigenvalue weighted by molar-refractivity contribution is 7.96. The molecule has 0 spiro atoms. The third-order valence-corrected chi connectivity index (χ3v) is 1.62. The SMILES string of the molecule is CN(C(=O)S)c1cccnc1. The van der Waals surface area contributed by atoms with E-state index in [0.29, 0.717) is 0 Å². The first-order valence-corrected chi connectivity index (χ1v) is 3.53. The lowest BCUT2D eigenvalue weighted by Gasteiger charge is -2.12. The Morgan fingerprint density at radius 1 is 1.73 bits per heavy atom. The average molecular weight is 168 g/mol. The number of thiol groups is 1. The number of hydrogen-bond acceptors (Lipinski definition) is 2. The number of aromatic nitrogens is 1. The number of nitrogens with zero attached hydrogens (tertiary/aromatic N) is 2. The maximum Gasteiger partial charge on any atom is 0.282 e. The average Bonchev–Trinajstić information content (AvgIpc) is 2.05. The van der Waals surface area contributed by atoms with Gasteiger partial charge in [0.25, 0.3) is 5.24 Å². The number of carbonyl (C=O) groups excluding carboxylic acids is 1. The Bertz CT molecular complexity index is 250. The van der Waals surface area contributed by atoms with E-state index in [1.807, 2.05) is 0 Å². The second-order valence-electron chi connectivity index (χ2n) is 2.05. The molecule has 0 bridgehead atoms. The first kappa shape index (κ1) is 8.07. The molecular weight excluding hydrogens is 160 g/mol. The van der Waals surface area contributed by atoms with E-state index in [1.54, 1.807) is 31.6 Å². The van der Waals surface area contributed by atoms with Crippen molar-refractivity contribution in [3.63, 3.8) is 0 Å². The lowest BCUT2D eigenvalue weighted by Crippen LogP contribution is -2.19. The molecular formula is C7H8N2OS. The predicted molar refractivity (Wildman–Crippen MR) is 47.0 cm³/mol. The van der Waals surface area contributed by atoms with Crippen LogP contribution in [0.1, 0.15) is 0 Å². The van der Waals surface area contributed by atoms with Crippen molar-refractivity contribution in [2.45, 2.75) is 0 Å². The summed E-state index contributed by atoms with van der Waals surface area (Å²) in [5.41, 5.74) is 0.743. The van der Waals surface area contributed by atoms with Crippen LogP contribution in [0.2, 0.25) is 0 Å². The number of carbonyl (C=O) groups is 1. The summed E-state index contributed by atoms with van der Waals surface area (Å²) in [6.07, 6.45) is 3.26. The topological polar surface area (TPSA) is 33.2 Å². The quantitative estimate of drug-likeness (QED) is 0.646. The van der Waals surface area contributed by atoms with Crippen LogP contribution in [0.15, 0.2) is 24.5 Å². The van der Waals surface area contributed by atoms with Crippen molar-refractivity contribution in [3.8, 4) is 0 Å². The van der Waals surface area contributed by atoms with Gasteiger partial charge in [0.05, 0.1) is 11.9 Å². The molecule has 0 aromatic carbocycles.